The topological polar surface area (TPSA) is 87.6 Å². The molecule has 1 heterocycles. The first-order valence-corrected chi connectivity index (χ1v) is 12.8. The zero-order valence-corrected chi connectivity index (χ0v) is 21.7. The van der Waals surface area contributed by atoms with Crippen molar-refractivity contribution in [1.82, 2.24) is 9.88 Å². The lowest BCUT2D eigenvalue weighted by Crippen LogP contribution is -2.47. The van der Waals surface area contributed by atoms with Crippen LogP contribution in [0, 0.1) is 19.8 Å². The molecule has 192 valence electrons. The number of nitrogens with zero attached hydrogens (tertiary/aromatic N) is 2. The highest BCUT2D eigenvalue weighted by atomic mass is 16.4. The molecule has 6 nitrogen and oxygen atoms in total. The van der Waals surface area contributed by atoms with E-state index >= 15 is 0 Å². The maximum atomic E-state index is 14.0. The van der Waals surface area contributed by atoms with Gasteiger partial charge < -0.3 is 10.0 Å². The summed E-state index contributed by atoms with van der Waals surface area (Å²) in [7, 11) is 0. The highest BCUT2D eigenvalue weighted by molar-refractivity contribution is 6.07. The minimum Gasteiger partial charge on any atom is -0.480 e. The van der Waals surface area contributed by atoms with E-state index in [-0.39, 0.29) is 11.7 Å². The van der Waals surface area contributed by atoms with Crippen molar-refractivity contribution in [2.24, 2.45) is 5.92 Å². The lowest BCUT2D eigenvalue weighted by atomic mass is 9.76. The summed E-state index contributed by atoms with van der Waals surface area (Å²) in [6.45, 7) is 5.36. The minimum absolute atomic E-state index is 0.0944. The van der Waals surface area contributed by atoms with Crippen molar-refractivity contribution < 1.29 is 19.5 Å². The second-order valence-electron chi connectivity index (χ2n) is 10.2. The molecular formula is C32H30N2O4. The number of hydrogen-bond acceptors (Lipinski definition) is 4. The van der Waals surface area contributed by atoms with Gasteiger partial charge in [0, 0.05) is 23.1 Å². The molecule has 0 radical (unpaired) electrons. The average molecular weight is 507 g/mol. The molecule has 0 spiro atoms. The molecule has 3 atom stereocenters. The Morgan fingerprint density at radius 1 is 0.947 bits per heavy atom. The van der Waals surface area contributed by atoms with Crippen LogP contribution in [0.2, 0.25) is 0 Å². The number of aromatic nitrogens is 1. The first-order valence-electron chi connectivity index (χ1n) is 12.8. The van der Waals surface area contributed by atoms with Crippen molar-refractivity contribution >= 4 is 28.4 Å². The van der Waals surface area contributed by atoms with Crippen molar-refractivity contribution in [1.29, 1.82) is 0 Å². The summed E-state index contributed by atoms with van der Waals surface area (Å²) < 4.78 is 0. The number of carbonyl (C=O) groups is 3. The van der Waals surface area contributed by atoms with Gasteiger partial charge in [0.1, 0.15) is 11.7 Å². The summed E-state index contributed by atoms with van der Waals surface area (Å²) in [5.41, 5.74) is 4.53. The molecule has 38 heavy (non-hydrogen) atoms. The third kappa shape index (κ3) is 4.70. The van der Waals surface area contributed by atoms with Crippen molar-refractivity contribution in [3.05, 3.63) is 113 Å². The fourth-order valence-electron chi connectivity index (χ4n) is 5.72. The van der Waals surface area contributed by atoms with Crippen LogP contribution >= 0.6 is 0 Å². The highest BCUT2D eigenvalue weighted by Gasteiger charge is 2.40. The van der Waals surface area contributed by atoms with Crippen LogP contribution in [0.4, 0.5) is 0 Å². The monoisotopic (exact) mass is 506 g/mol. The SMILES string of the molecule is Cc1cc(C)cc(C(=O)N(C2CC(C(=O)c3nccc4ccccc34)Cc3ccccc32)[C@@H](C)C(=O)O)c1. The Labute approximate surface area is 221 Å². The van der Waals surface area contributed by atoms with Crippen LogP contribution in [0.15, 0.2) is 79.0 Å². The molecular weight excluding hydrogens is 476 g/mol. The first kappa shape index (κ1) is 25.3. The number of hydrogen-bond donors (Lipinski definition) is 1. The number of rotatable bonds is 6. The molecule has 1 aromatic heterocycles. The normalized spacial score (nSPS) is 17.4. The maximum absolute atomic E-state index is 14.0. The number of Topliss-reactive ketones (excluding diaryl/α,β-unsaturated/α-hetero) is 1. The number of fused-ring (bicyclic) bond motifs is 2. The summed E-state index contributed by atoms with van der Waals surface area (Å²) in [4.78, 5) is 46.1. The van der Waals surface area contributed by atoms with E-state index in [0.29, 0.717) is 24.1 Å². The van der Waals surface area contributed by atoms with Gasteiger partial charge in [-0.1, -0.05) is 65.7 Å². The lowest BCUT2D eigenvalue weighted by molar-refractivity contribution is -0.142. The number of aliphatic carboxylic acids is 1. The van der Waals surface area contributed by atoms with E-state index in [1.54, 1.807) is 18.3 Å². The first-order chi connectivity index (χ1) is 18.2. The molecule has 0 aliphatic heterocycles. The molecule has 6 heteroatoms. The van der Waals surface area contributed by atoms with Gasteiger partial charge in [-0.2, -0.15) is 0 Å². The number of carbonyl (C=O) groups excluding carboxylic acids is 2. The molecule has 1 N–H and O–H groups in total. The van der Waals surface area contributed by atoms with Gasteiger partial charge in [0.2, 0.25) is 0 Å². The van der Waals surface area contributed by atoms with Crippen molar-refractivity contribution in [2.75, 3.05) is 0 Å². The van der Waals surface area contributed by atoms with Gasteiger partial charge in [-0.3, -0.25) is 14.6 Å². The number of amides is 1. The second kappa shape index (κ2) is 10.2. The molecule has 3 aromatic carbocycles. The van der Waals surface area contributed by atoms with E-state index in [0.717, 1.165) is 33.0 Å². The lowest BCUT2D eigenvalue weighted by Gasteiger charge is -2.40. The smallest absolute Gasteiger partial charge is 0.326 e. The number of aryl methyl sites for hydroxylation is 2. The largest absolute Gasteiger partial charge is 0.480 e. The summed E-state index contributed by atoms with van der Waals surface area (Å²) in [6, 6.07) is 21.1. The fraction of sp³-hybridized carbons (Fsp3) is 0.250. The van der Waals surface area contributed by atoms with E-state index in [1.165, 1.54) is 11.8 Å². The Morgan fingerprint density at radius 3 is 2.37 bits per heavy atom. The van der Waals surface area contributed by atoms with Gasteiger partial charge in [0.25, 0.3) is 5.91 Å². The van der Waals surface area contributed by atoms with E-state index in [1.807, 2.05) is 74.5 Å². The van der Waals surface area contributed by atoms with E-state index < -0.39 is 24.0 Å². The molecule has 0 saturated heterocycles. The number of pyridine rings is 1. The molecule has 4 aromatic rings. The van der Waals surface area contributed by atoms with Gasteiger partial charge in [-0.15, -0.1) is 0 Å². The standard InChI is InChI=1S/C32H30N2O4/c1-19-14-20(2)16-25(15-19)31(36)34(21(3)32(37)38)28-18-24(17-23-9-5-6-10-26(23)28)30(35)29-27-11-7-4-8-22(27)12-13-33-29/h4-16,21,24,28H,17-18H2,1-3H3,(H,37,38)/t21-,24?,28?/m0/s1. The van der Waals surface area contributed by atoms with Crippen LogP contribution < -0.4 is 0 Å². The summed E-state index contributed by atoms with van der Waals surface area (Å²) in [6.07, 6.45) is 2.46. The third-order valence-corrected chi connectivity index (χ3v) is 7.48. The van der Waals surface area contributed by atoms with Crippen LogP contribution in [-0.2, 0) is 11.2 Å². The molecule has 2 unspecified atom stereocenters. The van der Waals surface area contributed by atoms with Crippen molar-refractivity contribution in [2.45, 2.75) is 45.7 Å². The van der Waals surface area contributed by atoms with Gasteiger partial charge in [0.15, 0.2) is 5.78 Å². The number of carboxylic acids is 1. The Balaban J connectivity index is 1.60. The summed E-state index contributed by atoms with van der Waals surface area (Å²) in [5, 5.41) is 11.8. The molecule has 0 fully saturated rings. The molecule has 1 aliphatic carbocycles. The van der Waals surface area contributed by atoms with Crippen LogP contribution in [-0.4, -0.2) is 38.7 Å². The van der Waals surface area contributed by atoms with E-state index in [4.69, 9.17) is 0 Å². The predicted octanol–water partition coefficient (Wildman–Crippen LogP) is 5.95. The van der Waals surface area contributed by atoms with Gasteiger partial charge >= 0.3 is 5.97 Å². The number of benzene rings is 3. The number of carboxylic acid groups (broad SMARTS) is 1. The predicted molar refractivity (Wildman–Crippen MR) is 146 cm³/mol. The molecule has 1 amide bonds. The third-order valence-electron chi connectivity index (χ3n) is 7.48. The van der Waals surface area contributed by atoms with Crippen LogP contribution in [0.1, 0.15) is 62.5 Å². The Hall–Kier alpha value is -4.32. The fourth-order valence-corrected chi connectivity index (χ4v) is 5.72. The average Bonchev–Trinajstić information content (AvgIpc) is 2.91. The second-order valence-corrected chi connectivity index (χ2v) is 10.2. The molecule has 5 rings (SSSR count). The molecule has 0 bridgehead atoms. The molecule has 1 aliphatic rings. The van der Waals surface area contributed by atoms with Crippen LogP contribution in [0.5, 0.6) is 0 Å². The Morgan fingerprint density at radius 2 is 1.63 bits per heavy atom. The Kier molecular flexibility index (Phi) is 6.81. The van der Waals surface area contributed by atoms with E-state index in [2.05, 4.69) is 4.98 Å². The van der Waals surface area contributed by atoms with Crippen molar-refractivity contribution in [3.63, 3.8) is 0 Å². The number of ketones is 1. The summed E-state index contributed by atoms with van der Waals surface area (Å²) >= 11 is 0. The highest BCUT2D eigenvalue weighted by Crippen LogP contribution is 2.40. The Bertz CT molecular complexity index is 1530. The molecule has 0 saturated carbocycles. The zero-order valence-electron chi connectivity index (χ0n) is 21.7. The van der Waals surface area contributed by atoms with Crippen LogP contribution in [0.25, 0.3) is 10.8 Å². The van der Waals surface area contributed by atoms with Crippen molar-refractivity contribution in [3.8, 4) is 0 Å². The van der Waals surface area contributed by atoms with Gasteiger partial charge in [0.05, 0.1) is 6.04 Å². The van der Waals surface area contributed by atoms with E-state index in [9.17, 15) is 19.5 Å². The van der Waals surface area contributed by atoms with Crippen LogP contribution in [0.3, 0.4) is 0 Å². The van der Waals surface area contributed by atoms with Gasteiger partial charge in [-0.05, 0) is 68.3 Å². The minimum atomic E-state index is -1.09. The maximum Gasteiger partial charge on any atom is 0.326 e. The zero-order chi connectivity index (χ0) is 27.0. The van der Waals surface area contributed by atoms with Gasteiger partial charge in [-0.25, -0.2) is 4.79 Å². The summed E-state index contributed by atoms with van der Waals surface area (Å²) in [5.74, 6) is -2.00. The quantitative estimate of drug-likeness (QED) is 0.326.